The molecule has 0 atom stereocenters. The minimum atomic E-state index is -0.234. The first-order valence-electron chi connectivity index (χ1n) is 8.58. The number of amides is 1. The normalized spacial score (nSPS) is 12.1. The summed E-state index contributed by atoms with van der Waals surface area (Å²) in [6.07, 6.45) is 0. The molecule has 1 aliphatic heterocycles. The zero-order valence-electron chi connectivity index (χ0n) is 15.0. The van der Waals surface area contributed by atoms with E-state index < -0.39 is 0 Å². The molecule has 1 aromatic heterocycles. The SMILES string of the molecule is Cc1cc(OCc2nc(C(=O)NCc3ccc4c(c3)OCO4)cs2)ccc1Cl. The molecule has 0 saturated heterocycles. The molecular formula is C20H17ClN2O4S. The van der Waals surface area contributed by atoms with Gasteiger partial charge in [-0.05, 0) is 48.4 Å². The van der Waals surface area contributed by atoms with E-state index in [0.717, 1.165) is 21.9 Å². The minimum absolute atomic E-state index is 0.227. The van der Waals surface area contributed by atoms with Crippen LogP contribution in [0.3, 0.4) is 0 Å². The first-order valence-corrected chi connectivity index (χ1v) is 9.84. The van der Waals surface area contributed by atoms with Gasteiger partial charge in [0.15, 0.2) is 11.5 Å². The van der Waals surface area contributed by atoms with Crippen molar-refractivity contribution in [3.8, 4) is 17.2 Å². The molecule has 144 valence electrons. The van der Waals surface area contributed by atoms with Crippen molar-refractivity contribution < 1.29 is 19.0 Å². The summed E-state index contributed by atoms with van der Waals surface area (Å²) in [6.45, 7) is 2.82. The maximum atomic E-state index is 12.3. The van der Waals surface area contributed by atoms with E-state index >= 15 is 0 Å². The molecule has 4 rings (SSSR count). The number of thiazole rings is 1. The maximum Gasteiger partial charge on any atom is 0.271 e. The number of ether oxygens (including phenoxy) is 3. The zero-order chi connectivity index (χ0) is 19.5. The molecule has 2 heterocycles. The maximum absolute atomic E-state index is 12.3. The molecule has 0 fully saturated rings. The van der Waals surface area contributed by atoms with Gasteiger partial charge in [0.2, 0.25) is 6.79 Å². The molecule has 1 N–H and O–H groups in total. The largest absolute Gasteiger partial charge is 0.486 e. The molecule has 28 heavy (non-hydrogen) atoms. The van der Waals surface area contributed by atoms with Crippen molar-refractivity contribution in [1.29, 1.82) is 0 Å². The monoisotopic (exact) mass is 416 g/mol. The standard InChI is InChI=1S/C20H17ClN2O4S/c1-12-6-14(3-4-15(12)21)25-9-19-23-16(10-28-19)20(24)22-8-13-2-5-17-18(7-13)27-11-26-17/h2-7,10H,8-9,11H2,1H3,(H,22,24). The van der Waals surface area contributed by atoms with Gasteiger partial charge in [-0.15, -0.1) is 11.3 Å². The van der Waals surface area contributed by atoms with Gasteiger partial charge in [-0.25, -0.2) is 4.98 Å². The van der Waals surface area contributed by atoms with E-state index in [0.29, 0.717) is 35.4 Å². The van der Waals surface area contributed by atoms with E-state index in [-0.39, 0.29) is 12.7 Å². The van der Waals surface area contributed by atoms with Gasteiger partial charge in [0.1, 0.15) is 23.1 Å². The van der Waals surface area contributed by atoms with E-state index in [9.17, 15) is 4.79 Å². The Labute approximate surface area is 171 Å². The lowest BCUT2D eigenvalue weighted by molar-refractivity contribution is 0.0946. The summed E-state index contributed by atoms with van der Waals surface area (Å²) in [6, 6.07) is 11.1. The van der Waals surface area contributed by atoms with Crippen LogP contribution < -0.4 is 19.5 Å². The van der Waals surface area contributed by atoms with Crippen LogP contribution in [-0.4, -0.2) is 17.7 Å². The van der Waals surface area contributed by atoms with Crippen LogP contribution in [0.25, 0.3) is 0 Å². The number of nitrogens with one attached hydrogen (secondary N) is 1. The highest BCUT2D eigenvalue weighted by Gasteiger charge is 2.15. The molecule has 0 unspecified atom stereocenters. The number of rotatable bonds is 6. The van der Waals surface area contributed by atoms with Gasteiger partial charge in [0.05, 0.1) is 0 Å². The molecule has 0 spiro atoms. The summed E-state index contributed by atoms with van der Waals surface area (Å²) in [5.41, 5.74) is 2.24. The molecule has 6 nitrogen and oxygen atoms in total. The molecule has 0 aliphatic carbocycles. The van der Waals surface area contributed by atoms with Crippen LogP contribution in [0.5, 0.6) is 17.2 Å². The number of fused-ring (bicyclic) bond motifs is 1. The summed E-state index contributed by atoms with van der Waals surface area (Å²) in [5.74, 6) is 1.89. The molecular weight excluding hydrogens is 400 g/mol. The number of carbonyl (C=O) groups excluding carboxylic acids is 1. The van der Waals surface area contributed by atoms with Crippen molar-refractivity contribution in [3.05, 3.63) is 68.6 Å². The summed E-state index contributed by atoms with van der Waals surface area (Å²) >= 11 is 7.40. The number of aryl methyl sites for hydroxylation is 1. The molecule has 0 radical (unpaired) electrons. The molecule has 0 saturated carbocycles. The first-order chi connectivity index (χ1) is 13.6. The number of nitrogens with zero attached hydrogens (tertiary/aromatic N) is 1. The summed E-state index contributed by atoms with van der Waals surface area (Å²) in [7, 11) is 0. The molecule has 1 amide bonds. The number of aromatic nitrogens is 1. The third-order valence-electron chi connectivity index (χ3n) is 4.17. The lowest BCUT2D eigenvalue weighted by Gasteiger charge is -2.06. The van der Waals surface area contributed by atoms with Crippen molar-refractivity contribution in [2.24, 2.45) is 0 Å². The molecule has 2 aromatic carbocycles. The Morgan fingerprint density at radius 2 is 2.11 bits per heavy atom. The van der Waals surface area contributed by atoms with Crippen LogP contribution in [-0.2, 0) is 13.2 Å². The van der Waals surface area contributed by atoms with Gasteiger partial charge in [-0.3, -0.25) is 4.79 Å². The first kappa shape index (κ1) is 18.6. The fourth-order valence-corrected chi connectivity index (χ4v) is 3.46. The van der Waals surface area contributed by atoms with E-state index in [1.165, 1.54) is 11.3 Å². The van der Waals surface area contributed by atoms with Crippen molar-refractivity contribution in [3.63, 3.8) is 0 Å². The highest BCUT2D eigenvalue weighted by Crippen LogP contribution is 2.32. The lowest BCUT2D eigenvalue weighted by atomic mass is 10.2. The Bertz CT molecular complexity index is 1020. The Morgan fingerprint density at radius 3 is 2.96 bits per heavy atom. The number of hydrogen-bond donors (Lipinski definition) is 1. The predicted molar refractivity (Wildman–Crippen MR) is 106 cm³/mol. The average Bonchev–Trinajstić information content (AvgIpc) is 3.36. The Balaban J connectivity index is 1.31. The van der Waals surface area contributed by atoms with Crippen molar-refractivity contribution in [2.45, 2.75) is 20.1 Å². The number of hydrogen-bond acceptors (Lipinski definition) is 6. The van der Waals surface area contributed by atoms with Crippen molar-refractivity contribution in [2.75, 3.05) is 6.79 Å². The van der Waals surface area contributed by atoms with E-state index in [1.807, 2.05) is 37.3 Å². The number of halogens is 1. The van der Waals surface area contributed by atoms with E-state index in [4.69, 9.17) is 25.8 Å². The van der Waals surface area contributed by atoms with Gasteiger partial charge >= 0.3 is 0 Å². The quantitative estimate of drug-likeness (QED) is 0.647. The van der Waals surface area contributed by atoms with Crippen LogP contribution in [0.15, 0.2) is 41.8 Å². The van der Waals surface area contributed by atoms with Crippen LogP contribution in [0.4, 0.5) is 0 Å². The number of carbonyl (C=O) groups is 1. The van der Waals surface area contributed by atoms with Crippen LogP contribution in [0, 0.1) is 6.92 Å². The Kier molecular flexibility index (Phi) is 5.36. The van der Waals surface area contributed by atoms with Gasteiger partial charge in [0.25, 0.3) is 5.91 Å². The third-order valence-corrected chi connectivity index (χ3v) is 5.41. The van der Waals surface area contributed by atoms with Crippen LogP contribution in [0.2, 0.25) is 5.02 Å². The van der Waals surface area contributed by atoms with Gasteiger partial charge < -0.3 is 19.5 Å². The summed E-state index contributed by atoms with van der Waals surface area (Å²) < 4.78 is 16.4. The van der Waals surface area contributed by atoms with Crippen molar-refractivity contribution in [1.82, 2.24) is 10.3 Å². The van der Waals surface area contributed by atoms with Crippen LogP contribution in [0.1, 0.15) is 26.6 Å². The zero-order valence-corrected chi connectivity index (χ0v) is 16.6. The topological polar surface area (TPSA) is 69.7 Å². The molecule has 0 bridgehead atoms. The second kappa shape index (κ2) is 8.08. The fourth-order valence-electron chi connectivity index (χ4n) is 2.66. The smallest absolute Gasteiger partial charge is 0.271 e. The number of benzene rings is 2. The second-order valence-corrected chi connectivity index (χ2v) is 7.55. The molecule has 3 aromatic rings. The van der Waals surface area contributed by atoms with Gasteiger partial charge in [-0.1, -0.05) is 17.7 Å². The lowest BCUT2D eigenvalue weighted by Crippen LogP contribution is -2.23. The molecule has 1 aliphatic rings. The van der Waals surface area contributed by atoms with E-state index in [1.54, 1.807) is 11.4 Å². The molecule has 8 heteroatoms. The Morgan fingerprint density at radius 1 is 1.25 bits per heavy atom. The highest BCUT2D eigenvalue weighted by molar-refractivity contribution is 7.09. The van der Waals surface area contributed by atoms with Crippen molar-refractivity contribution >= 4 is 28.8 Å². The minimum Gasteiger partial charge on any atom is -0.486 e. The summed E-state index contributed by atoms with van der Waals surface area (Å²) in [5, 5.41) is 6.00. The summed E-state index contributed by atoms with van der Waals surface area (Å²) in [4.78, 5) is 16.7. The van der Waals surface area contributed by atoms with Gasteiger partial charge in [-0.2, -0.15) is 0 Å². The average molecular weight is 417 g/mol. The predicted octanol–water partition coefficient (Wildman–Crippen LogP) is 4.34. The van der Waals surface area contributed by atoms with Crippen LogP contribution >= 0.6 is 22.9 Å². The van der Waals surface area contributed by atoms with Gasteiger partial charge in [0, 0.05) is 16.9 Å². The Hall–Kier alpha value is -2.77. The second-order valence-electron chi connectivity index (χ2n) is 6.20. The van der Waals surface area contributed by atoms with E-state index in [2.05, 4.69) is 10.3 Å². The fraction of sp³-hybridized carbons (Fsp3) is 0.200. The highest BCUT2D eigenvalue weighted by atomic mass is 35.5. The third kappa shape index (κ3) is 4.21.